The van der Waals surface area contributed by atoms with Crippen LogP contribution in [0.5, 0.6) is 11.5 Å². The number of halogens is 6. The van der Waals surface area contributed by atoms with Crippen molar-refractivity contribution in [2.24, 2.45) is 0 Å². The number of hydrogen-bond donors (Lipinski definition) is 0. The van der Waals surface area contributed by atoms with Crippen molar-refractivity contribution in [2.75, 3.05) is 0 Å². The van der Waals surface area contributed by atoms with Crippen molar-refractivity contribution >= 4 is 84.9 Å². The summed E-state index contributed by atoms with van der Waals surface area (Å²) in [6, 6.07) is 74.8. The van der Waals surface area contributed by atoms with E-state index in [2.05, 4.69) is 0 Å². The molecule has 0 N–H and O–H groups in total. The minimum Gasteiger partial charge on any atom is -0.375 e. The number of benzene rings is 13. The van der Waals surface area contributed by atoms with E-state index in [1.54, 1.807) is 115 Å². The van der Waals surface area contributed by atoms with Crippen molar-refractivity contribution in [3.63, 3.8) is 0 Å². The second-order valence-corrected chi connectivity index (χ2v) is 25.1. The molecule has 15 aromatic rings. The average Bonchev–Trinajstić information content (AvgIpc) is 0.732. The maximum atomic E-state index is 14.5. The molecule has 2 aromatic heterocycles. The molecule has 0 fully saturated rings. The molecule has 0 radical (unpaired) electrons. The second kappa shape index (κ2) is 22.7. The monoisotopic (exact) mass is 1290 g/mol. The molecule has 13 aromatic carbocycles. The molecule has 0 atom stereocenters. The lowest BCUT2D eigenvalue weighted by Crippen LogP contribution is -2.28. The average molecular weight is 1290 g/mol. The molecule has 0 aliphatic rings. The van der Waals surface area contributed by atoms with Gasteiger partial charge in [0.15, 0.2) is 46.4 Å². The van der Waals surface area contributed by atoms with Gasteiger partial charge in [-0.2, -0.15) is 43.2 Å². The van der Waals surface area contributed by atoms with Gasteiger partial charge in [-0.05, 0) is 111 Å². The van der Waals surface area contributed by atoms with E-state index >= 15 is 0 Å². The summed E-state index contributed by atoms with van der Waals surface area (Å²) in [5.41, 5.74) is -6.77. The van der Waals surface area contributed by atoms with Crippen LogP contribution >= 0.6 is 0 Å². The van der Waals surface area contributed by atoms with Crippen LogP contribution in [0, 0.1) is 0 Å². The number of rotatable bonds is 12. The van der Waals surface area contributed by atoms with Gasteiger partial charge in [0, 0.05) is 22.3 Å². The van der Waals surface area contributed by atoms with Gasteiger partial charge in [0.2, 0.25) is 0 Å². The Kier molecular flexibility index (Phi) is 14.2. The zero-order valence-electron chi connectivity index (χ0n) is 48.5. The van der Waals surface area contributed by atoms with Crippen molar-refractivity contribution in [1.82, 2.24) is 29.9 Å². The Balaban J connectivity index is 0.904. The van der Waals surface area contributed by atoms with Gasteiger partial charge in [-0.25, -0.2) is 29.9 Å². The van der Waals surface area contributed by atoms with Crippen LogP contribution in [0.1, 0.15) is 0 Å². The fourth-order valence-corrected chi connectivity index (χ4v) is 12.9. The number of nitrogens with zero attached hydrogens (tertiary/aromatic N) is 6. The Morgan fingerprint density at radius 2 is 0.511 bits per heavy atom. The number of fused-ring (bicyclic) bond motifs is 12. The molecule has 0 amide bonds. The predicted octanol–water partition coefficient (Wildman–Crippen LogP) is 18.8. The Morgan fingerprint density at radius 1 is 0.245 bits per heavy atom. The van der Waals surface area contributed by atoms with Crippen LogP contribution in [0.4, 0.5) is 26.3 Å². The first kappa shape index (κ1) is 58.9. The fraction of sp³-hybridized carbons (Fsp3) is 0.0270. The van der Waals surface area contributed by atoms with Gasteiger partial charge in [0.25, 0.3) is 0 Å². The van der Waals surface area contributed by atoms with E-state index in [0.29, 0.717) is 81.9 Å². The van der Waals surface area contributed by atoms with Crippen LogP contribution in [0.25, 0.3) is 155 Å². The standard InChI is InChI=1S/C74H42F6N6O6S2/c75-73(76,77)93(87,88)91-64-41-60-54-26-13-11-24-52(54)51-23-10-12-25-53(51)58(60)39-62(64)71-83-68(47-21-8-3-9-22-47)82-70(86-71)49-37-33-45(34-38-49)50-29-16-30-57-59-40-63(65(92-94(89,90)74(78,79)80)42-61(59)55-27-14-15-28-56(55)66(50)57)72-84-67(46-19-6-2-7-20-46)81-69(85-72)48-35-31-44(32-36-48)43-17-4-1-5-18-43/h1-42H. The third kappa shape index (κ3) is 10.6. The Hall–Kier alpha value is -11.5. The van der Waals surface area contributed by atoms with Crippen LogP contribution in [-0.2, 0) is 20.2 Å². The largest absolute Gasteiger partial charge is 0.534 e. The molecule has 20 heteroatoms. The summed E-state index contributed by atoms with van der Waals surface area (Å²) < 4.78 is 149. The summed E-state index contributed by atoms with van der Waals surface area (Å²) in [5.74, 6) is -1.29. The van der Waals surface area contributed by atoms with Crippen LogP contribution < -0.4 is 8.37 Å². The quantitative estimate of drug-likeness (QED) is 0.0493. The summed E-state index contributed by atoms with van der Waals surface area (Å²) in [4.78, 5) is 29.0. The van der Waals surface area contributed by atoms with Crippen molar-refractivity contribution in [1.29, 1.82) is 0 Å². The second-order valence-electron chi connectivity index (χ2n) is 22.0. The van der Waals surface area contributed by atoms with Crippen molar-refractivity contribution < 1.29 is 51.5 Å². The highest BCUT2D eigenvalue weighted by atomic mass is 32.2. The number of hydrogen-bond acceptors (Lipinski definition) is 12. The Morgan fingerprint density at radius 3 is 0.915 bits per heavy atom. The highest BCUT2D eigenvalue weighted by molar-refractivity contribution is 7.88. The third-order valence-electron chi connectivity index (χ3n) is 16.3. The molecule has 458 valence electrons. The third-order valence-corrected chi connectivity index (χ3v) is 18.2. The maximum Gasteiger partial charge on any atom is 0.534 e. The lowest BCUT2D eigenvalue weighted by Gasteiger charge is -2.18. The molecule has 0 unspecified atom stereocenters. The van der Waals surface area contributed by atoms with Crippen LogP contribution in [0.3, 0.4) is 0 Å². The molecule has 0 spiro atoms. The van der Waals surface area contributed by atoms with E-state index in [-0.39, 0.29) is 46.1 Å². The van der Waals surface area contributed by atoms with Crippen LogP contribution in [-0.4, -0.2) is 57.8 Å². The van der Waals surface area contributed by atoms with E-state index in [9.17, 15) is 43.2 Å². The minimum absolute atomic E-state index is 0.0667. The topological polar surface area (TPSA) is 164 Å². The first-order valence-corrected chi connectivity index (χ1v) is 31.9. The lowest BCUT2D eigenvalue weighted by molar-refractivity contribution is -0.0504. The molecule has 0 bridgehead atoms. The first-order valence-electron chi connectivity index (χ1n) is 29.0. The Labute approximate surface area is 531 Å². The SMILES string of the molecule is O=S(=O)(Oc1cc2c3ccccc3c3ccccc3c2cc1-c1nc(-c2ccccc2)nc(-c2ccc(-c3cccc4c5cc(-c6nc(-c7ccccc7)nc(-c7ccc(-c8ccccc8)cc7)n6)c(OS(=O)(=O)C(F)(F)F)cc5c5ccccc5c34)cc2)n1)C(F)(F)F. The van der Waals surface area contributed by atoms with Crippen molar-refractivity contribution in [3.05, 3.63) is 255 Å². The van der Waals surface area contributed by atoms with E-state index in [1.165, 1.54) is 24.3 Å². The van der Waals surface area contributed by atoms with E-state index in [1.807, 2.05) is 115 Å². The minimum atomic E-state index is -6.29. The summed E-state index contributed by atoms with van der Waals surface area (Å²) in [5, 5.41) is 7.23. The molecule has 0 aliphatic heterocycles. The number of alkyl halides is 6. The van der Waals surface area contributed by atoms with Gasteiger partial charge in [0.05, 0.1) is 11.1 Å². The van der Waals surface area contributed by atoms with Crippen LogP contribution in [0.15, 0.2) is 255 Å². The molecular formula is C74H42F6N6O6S2. The number of aromatic nitrogens is 6. The highest BCUT2D eigenvalue weighted by Gasteiger charge is 2.50. The normalized spacial score (nSPS) is 12.3. The van der Waals surface area contributed by atoms with Gasteiger partial charge < -0.3 is 8.37 Å². The van der Waals surface area contributed by atoms with E-state index < -0.39 is 42.8 Å². The summed E-state index contributed by atoms with van der Waals surface area (Å²) in [6.45, 7) is 0. The molecule has 94 heavy (non-hydrogen) atoms. The van der Waals surface area contributed by atoms with Gasteiger partial charge in [-0.3, -0.25) is 0 Å². The predicted molar refractivity (Wildman–Crippen MR) is 353 cm³/mol. The van der Waals surface area contributed by atoms with Gasteiger partial charge in [-0.15, -0.1) is 0 Å². The smallest absolute Gasteiger partial charge is 0.375 e. The summed E-state index contributed by atoms with van der Waals surface area (Å²) in [7, 11) is -12.5. The van der Waals surface area contributed by atoms with E-state index in [4.69, 9.17) is 38.3 Å². The maximum absolute atomic E-state index is 14.5. The molecule has 2 heterocycles. The molecular weight excluding hydrogens is 1250 g/mol. The van der Waals surface area contributed by atoms with Crippen molar-refractivity contribution in [3.8, 4) is 102 Å². The molecule has 0 saturated heterocycles. The van der Waals surface area contributed by atoms with Gasteiger partial charge in [0.1, 0.15) is 0 Å². The Bertz CT molecular complexity index is 5800. The fourth-order valence-electron chi connectivity index (χ4n) is 11.9. The van der Waals surface area contributed by atoms with Gasteiger partial charge in [-0.1, -0.05) is 231 Å². The molecule has 12 nitrogen and oxygen atoms in total. The summed E-state index contributed by atoms with van der Waals surface area (Å²) >= 11 is 0. The van der Waals surface area contributed by atoms with Crippen molar-refractivity contribution in [2.45, 2.75) is 11.0 Å². The molecule has 0 saturated carbocycles. The van der Waals surface area contributed by atoms with E-state index in [0.717, 1.165) is 27.3 Å². The molecule has 15 rings (SSSR count). The first-order chi connectivity index (χ1) is 45.3. The zero-order valence-corrected chi connectivity index (χ0v) is 50.1. The molecule has 0 aliphatic carbocycles. The van der Waals surface area contributed by atoms with Gasteiger partial charge >= 0.3 is 31.3 Å². The highest BCUT2D eigenvalue weighted by Crippen LogP contribution is 2.47. The van der Waals surface area contributed by atoms with Crippen LogP contribution in [0.2, 0.25) is 0 Å². The zero-order chi connectivity index (χ0) is 64.7. The lowest BCUT2D eigenvalue weighted by atomic mass is 9.88. The summed E-state index contributed by atoms with van der Waals surface area (Å²) in [6.07, 6.45) is 0.